The summed E-state index contributed by atoms with van der Waals surface area (Å²) in [6, 6.07) is 6.18. The number of ether oxygens (including phenoxy) is 1. The van der Waals surface area contributed by atoms with Crippen LogP contribution in [0.2, 0.25) is 0 Å². The molecule has 0 aromatic heterocycles. The van der Waals surface area contributed by atoms with Gasteiger partial charge in [0.05, 0.1) is 12.1 Å². The van der Waals surface area contributed by atoms with Gasteiger partial charge in [0.15, 0.2) is 0 Å². The Morgan fingerprint density at radius 1 is 1.25 bits per heavy atom. The second-order valence-electron chi connectivity index (χ2n) is 6.05. The molecule has 7 heteroatoms. The van der Waals surface area contributed by atoms with Crippen molar-refractivity contribution in [1.82, 2.24) is 16.0 Å². The van der Waals surface area contributed by atoms with E-state index in [2.05, 4.69) is 16.0 Å². The van der Waals surface area contributed by atoms with Gasteiger partial charge in [-0.1, -0.05) is 18.2 Å². The molecular formula is C17H23N3O4. The van der Waals surface area contributed by atoms with Crippen LogP contribution in [0.5, 0.6) is 5.75 Å². The Bertz CT molecular complexity index is 630. The molecule has 4 amide bonds. The van der Waals surface area contributed by atoms with Crippen LogP contribution in [-0.2, 0) is 9.59 Å². The first-order valence-corrected chi connectivity index (χ1v) is 8.03. The molecular weight excluding hydrogens is 310 g/mol. The zero-order valence-electron chi connectivity index (χ0n) is 14.1. The van der Waals surface area contributed by atoms with Crippen molar-refractivity contribution in [2.24, 2.45) is 0 Å². The Morgan fingerprint density at radius 2 is 1.96 bits per heavy atom. The number of urea groups is 1. The second-order valence-corrected chi connectivity index (χ2v) is 6.05. The molecule has 0 spiro atoms. The summed E-state index contributed by atoms with van der Waals surface area (Å²) in [6.07, 6.45) is 0.453. The molecule has 1 fully saturated rings. The normalized spacial score (nSPS) is 18.1. The van der Waals surface area contributed by atoms with Crippen molar-refractivity contribution in [3.8, 4) is 5.75 Å². The second kappa shape index (κ2) is 7.81. The topological polar surface area (TPSA) is 96.5 Å². The first-order valence-electron chi connectivity index (χ1n) is 8.03. The van der Waals surface area contributed by atoms with Crippen molar-refractivity contribution >= 4 is 17.8 Å². The fraction of sp³-hybridized carbons (Fsp3) is 0.471. The molecule has 0 aliphatic carbocycles. The largest absolute Gasteiger partial charge is 0.491 e. The number of amides is 4. The van der Waals surface area contributed by atoms with E-state index in [0.29, 0.717) is 0 Å². The van der Waals surface area contributed by atoms with E-state index in [4.69, 9.17) is 4.74 Å². The number of para-hydroxylation sites is 1. The van der Waals surface area contributed by atoms with Crippen LogP contribution in [0.25, 0.3) is 0 Å². The molecule has 2 rings (SSSR count). The maximum atomic E-state index is 12.1. The molecule has 3 N–H and O–H groups in total. The lowest BCUT2D eigenvalue weighted by Crippen LogP contribution is -2.32. The van der Waals surface area contributed by atoms with E-state index in [1.54, 1.807) is 0 Å². The molecule has 1 aliphatic heterocycles. The molecule has 2 atom stereocenters. The Labute approximate surface area is 141 Å². The highest BCUT2D eigenvalue weighted by Gasteiger charge is 2.29. The van der Waals surface area contributed by atoms with Crippen LogP contribution >= 0.6 is 0 Å². The number of hydrogen-bond donors (Lipinski definition) is 3. The molecule has 0 unspecified atom stereocenters. The van der Waals surface area contributed by atoms with E-state index in [0.717, 1.165) is 11.3 Å². The van der Waals surface area contributed by atoms with Crippen LogP contribution in [0.15, 0.2) is 24.3 Å². The number of carbonyl (C=O) groups is 3. The van der Waals surface area contributed by atoms with E-state index >= 15 is 0 Å². The molecule has 130 valence electrons. The molecule has 7 nitrogen and oxygen atoms in total. The van der Waals surface area contributed by atoms with E-state index < -0.39 is 18.0 Å². The van der Waals surface area contributed by atoms with Gasteiger partial charge >= 0.3 is 6.03 Å². The Hall–Kier alpha value is -2.57. The van der Waals surface area contributed by atoms with Gasteiger partial charge in [-0.3, -0.25) is 14.9 Å². The number of hydrogen-bond acceptors (Lipinski definition) is 4. The summed E-state index contributed by atoms with van der Waals surface area (Å²) in [7, 11) is 0. The van der Waals surface area contributed by atoms with E-state index in [1.807, 2.05) is 45.0 Å². The Kier molecular flexibility index (Phi) is 5.78. The highest BCUT2D eigenvalue weighted by molar-refractivity contribution is 6.04. The minimum Gasteiger partial charge on any atom is -0.491 e. The molecule has 1 saturated heterocycles. The van der Waals surface area contributed by atoms with Crippen LogP contribution < -0.4 is 20.7 Å². The Morgan fingerprint density at radius 3 is 2.58 bits per heavy atom. The fourth-order valence-corrected chi connectivity index (χ4v) is 2.53. The maximum Gasteiger partial charge on any atom is 0.322 e. The van der Waals surface area contributed by atoms with Crippen LogP contribution in [0, 0.1) is 0 Å². The monoisotopic (exact) mass is 333 g/mol. The lowest BCUT2D eigenvalue weighted by molar-refractivity contribution is -0.122. The van der Waals surface area contributed by atoms with Crippen LogP contribution in [-0.4, -0.2) is 30.0 Å². The van der Waals surface area contributed by atoms with Crippen molar-refractivity contribution in [2.45, 2.75) is 51.8 Å². The van der Waals surface area contributed by atoms with Gasteiger partial charge in [0.2, 0.25) is 5.91 Å². The van der Waals surface area contributed by atoms with Gasteiger partial charge in [-0.2, -0.15) is 0 Å². The predicted octanol–water partition coefficient (Wildman–Crippen LogP) is 1.64. The third kappa shape index (κ3) is 4.71. The fourth-order valence-electron chi connectivity index (χ4n) is 2.53. The predicted molar refractivity (Wildman–Crippen MR) is 88.5 cm³/mol. The highest BCUT2D eigenvalue weighted by atomic mass is 16.5. The third-order valence-electron chi connectivity index (χ3n) is 3.64. The van der Waals surface area contributed by atoms with Gasteiger partial charge in [0.1, 0.15) is 11.8 Å². The summed E-state index contributed by atoms with van der Waals surface area (Å²) in [5.74, 6) is 0.162. The zero-order chi connectivity index (χ0) is 17.7. The molecule has 0 radical (unpaired) electrons. The van der Waals surface area contributed by atoms with Gasteiger partial charge in [0.25, 0.3) is 5.91 Å². The number of rotatable bonds is 7. The van der Waals surface area contributed by atoms with E-state index in [1.165, 1.54) is 0 Å². The summed E-state index contributed by atoms with van der Waals surface area (Å²) in [4.78, 5) is 34.6. The summed E-state index contributed by atoms with van der Waals surface area (Å²) < 4.78 is 5.76. The lowest BCUT2D eigenvalue weighted by Gasteiger charge is -2.20. The quantitative estimate of drug-likeness (QED) is 0.661. The number of benzene rings is 1. The minimum atomic E-state index is -0.643. The molecule has 1 aliphatic rings. The van der Waals surface area contributed by atoms with Crippen LogP contribution in [0.3, 0.4) is 0 Å². The summed E-state index contributed by atoms with van der Waals surface area (Å²) >= 11 is 0. The first kappa shape index (κ1) is 17.8. The molecule has 0 bridgehead atoms. The number of imide groups is 1. The van der Waals surface area contributed by atoms with Gasteiger partial charge in [-0.05, 0) is 33.3 Å². The minimum absolute atomic E-state index is 0.0403. The third-order valence-corrected chi connectivity index (χ3v) is 3.64. The smallest absolute Gasteiger partial charge is 0.322 e. The maximum absolute atomic E-state index is 12.1. The summed E-state index contributed by atoms with van der Waals surface area (Å²) in [6.45, 7) is 5.77. The van der Waals surface area contributed by atoms with Gasteiger partial charge < -0.3 is 15.4 Å². The van der Waals surface area contributed by atoms with Crippen molar-refractivity contribution in [3.63, 3.8) is 0 Å². The van der Waals surface area contributed by atoms with Gasteiger partial charge in [0, 0.05) is 12.0 Å². The van der Waals surface area contributed by atoms with Crippen molar-refractivity contribution in [3.05, 3.63) is 29.8 Å². The molecule has 0 saturated carbocycles. The standard InChI is InChI=1S/C17H23N3O4/c1-10(2)24-14-7-5-4-6-12(14)11(3)18-15(21)9-8-13-16(22)20-17(23)19-13/h4-7,10-11,13H,8-9H2,1-3H3,(H,18,21)(H2,19,20,22,23)/t11-,13+/m0/s1. The van der Waals surface area contributed by atoms with Crippen LogP contribution in [0.4, 0.5) is 4.79 Å². The Balaban J connectivity index is 1.90. The van der Waals surface area contributed by atoms with E-state index in [9.17, 15) is 14.4 Å². The molecule has 1 heterocycles. The average molecular weight is 333 g/mol. The summed E-state index contributed by atoms with van der Waals surface area (Å²) in [5, 5.41) is 7.52. The molecule has 1 aromatic carbocycles. The van der Waals surface area contributed by atoms with Gasteiger partial charge in [-0.15, -0.1) is 0 Å². The first-order chi connectivity index (χ1) is 11.4. The summed E-state index contributed by atoms with van der Waals surface area (Å²) in [5.41, 5.74) is 0.895. The van der Waals surface area contributed by atoms with Crippen molar-refractivity contribution in [1.29, 1.82) is 0 Å². The number of nitrogens with one attached hydrogen (secondary N) is 3. The van der Waals surface area contributed by atoms with Gasteiger partial charge in [-0.25, -0.2) is 4.79 Å². The van der Waals surface area contributed by atoms with Crippen molar-refractivity contribution < 1.29 is 19.1 Å². The lowest BCUT2D eigenvalue weighted by atomic mass is 10.1. The highest BCUT2D eigenvalue weighted by Crippen LogP contribution is 2.25. The molecule has 1 aromatic rings. The van der Waals surface area contributed by atoms with E-state index in [-0.39, 0.29) is 30.9 Å². The zero-order valence-corrected chi connectivity index (χ0v) is 14.1. The van der Waals surface area contributed by atoms with Crippen molar-refractivity contribution in [2.75, 3.05) is 0 Å². The number of carbonyl (C=O) groups excluding carboxylic acids is 3. The SMILES string of the molecule is CC(C)Oc1ccccc1[C@H](C)NC(=O)CC[C@H]1NC(=O)NC1=O. The van der Waals surface area contributed by atoms with Crippen LogP contribution in [0.1, 0.15) is 45.2 Å². The molecule has 24 heavy (non-hydrogen) atoms. The average Bonchev–Trinajstić information content (AvgIpc) is 2.83.